The van der Waals surface area contributed by atoms with Gasteiger partial charge < -0.3 is 14.4 Å². The minimum Gasteiger partial charge on any atom is -0.493 e. The molecule has 0 unspecified atom stereocenters. The number of nitrogens with zero attached hydrogens (tertiary/aromatic N) is 5. The third-order valence-electron chi connectivity index (χ3n) is 5.38. The van der Waals surface area contributed by atoms with E-state index in [0.29, 0.717) is 12.0 Å². The molecule has 3 aliphatic rings. The molecule has 0 amide bonds. The molecule has 2 aromatic heterocycles. The van der Waals surface area contributed by atoms with Gasteiger partial charge in [-0.3, -0.25) is 9.88 Å². The first-order chi connectivity index (χ1) is 12.8. The van der Waals surface area contributed by atoms with Crippen LogP contribution in [0.25, 0.3) is 0 Å². The van der Waals surface area contributed by atoms with Crippen LogP contribution in [-0.2, 0) is 6.54 Å². The normalized spacial score (nSPS) is 22.9. The van der Waals surface area contributed by atoms with Crippen molar-refractivity contribution in [1.82, 2.24) is 19.9 Å². The van der Waals surface area contributed by atoms with Crippen molar-refractivity contribution in [2.45, 2.75) is 25.4 Å². The van der Waals surface area contributed by atoms with Crippen LogP contribution in [0.15, 0.2) is 30.7 Å². The van der Waals surface area contributed by atoms with Crippen molar-refractivity contribution < 1.29 is 9.47 Å². The molecule has 5 heterocycles. The molecule has 3 saturated heterocycles. The monoisotopic (exact) mass is 355 g/mol. The standard InChI is InChI=1S/C19H25N5O2/c1-25-17-6-9-20-16(18(17)26-2)13-23-10-14-4-5-15(23)12-24(11-14)19-21-7-3-8-22-19/h3,6-9,14-15H,4-5,10-13H2,1-2H3/t14-,15-/m1/s1. The van der Waals surface area contributed by atoms with Crippen LogP contribution < -0.4 is 14.4 Å². The van der Waals surface area contributed by atoms with Gasteiger partial charge in [0.15, 0.2) is 11.5 Å². The van der Waals surface area contributed by atoms with Crippen LogP contribution in [0.1, 0.15) is 18.5 Å². The lowest BCUT2D eigenvalue weighted by atomic mass is 9.95. The van der Waals surface area contributed by atoms with Gasteiger partial charge in [0.1, 0.15) is 5.69 Å². The van der Waals surface area contributed by atoms with E-state index < -0.39 is 0 Å². The molecular formula is C19H25N5O2. The summed E-state index contributed by atoms with van der Waals surface area (Å²) in [4.78, 5) is 18.3. The topological polar surface area (TPSA) is 63.6 Å². The summed E-state index contributed by atoms with van der Waals surface area (Å²) in [7, 11) is 3.33. The van der Waals surface area contributed by atoms with Gasteiger partial charge in [-0.2, -0.15) is 0 Å². The predicted molar refractivity (Wildman–Crippen MR) is 98.5 cm³/mol. The smallest absolute Gasteiger partial charge is 0.225 e. The number of fused-ring (bicyclic) bond motifs is 4. The molecule has 2 bridgehead atoms. The molecule has 2 atom stereocenters. The molecule has 0 aromatic carbocycles. The minimum absolute atomic E-state index is 0.468. The Morgan fingerprint density at radius 2 is 1.85 bits per heavy atom. The van der Waals surface area contributed by atoms with Gasteiger partial charge in [0.25, 0.3) is 0 Å². The van der Waals surface area contributed by atoms with Crippen molar-refractivity contribution in [3.63, 3.8) is 0 Å². The number of anilines is 1. The molecule has 0 spiro atoms. The molecule has 7 nitrogen and oxygen atoms in total. The lowest BCUT2D eigenvalue weighted by Crippen LogP contribution is -2.43. The Morgan fingerprint density at radius 3 is 2.62 bits per heavy atom. The largest absolute Gasteiger partial charge is 0.493 e. The highest BCUT2D eigenvalue weighted by molar-refractivity contribution is 5.42. The fourth-order valence-electron chi connectivity index (χ4n) is 4.15. The molecule has 3 aliphatic heterocycles. The van der Waals surface area contributed by atoms with E-state index in [2.05, 4.69) is 24.8 Å². The molecule has 0 N–H and O–H groups in total. The van der Waals surface area contributed by atoms with Crippen LogP contribution >= 0.6 is 0 Å². The van der Waals surface area contributed by atoms with Crippen LogP contribution in [0.5, 0.6) is 11.5 Å². The third kappa shape index (κ3) is 3.31. The number of hydrogen-bond donors (Lipinski definition) is 0. The van der Waals surface area contributed by atoms with Crippen molar-refractivity contribution in [1.29, 1.82) is 0 Å². The fraction of sp³-hybridized carbons (Fsp3) is 0.526. The van der Waals surface area contributed by atoms with E-state index >= 15 is 0 Å². The van der Waals surface area contributed by atoms with E-state index in [0.717, 1.165) is 49.3 Å². The second-order valence-electron chi connectivity index (χ2n) is 6.97. The summed E-state index contributed by atoms with van der Waals surface area (Å²) in [6.07, 6.45) is 7.88. The molecule has 0 saturated carbocycles. The summed E-state index contributed by atoms with van der Waals surface area (Å²) in [5, 5.41) is 0. The Kier molecular flexibility index (Phi) is 4.88. The number of ether oxygens (including phenoxy) is 2. The van der Waals surface area contributed by atoms with E-state index in [4.69, 9.17) is 9.47 Å². The summed E-state index contributed by atoms with van der Waals surface area (Å²) >= 11 is 0. The average molecular weight is 355 g/mol. The highest BCUT2D eigenvalue weighted by atomic mass is 16.5. The zero-order chi connectivity index (χ0) is 17.9. The first-order valence-electron chi connectivity index (χ1n) is 9.10. The molecule has 138 valence electrons. The molecule has 0 aliphatic carbocycles. The van der Waals surface area contributed by atoms with Crippen molar-refractivity contribution in [2.75, 3.05) is 38.8 Å². The highest BCUT2D eigenvalue weighted by Crippen LogP contribution is 2.34. The molecule has 5 rings (SSSR count). The van der Waals surface area contributed by atoms with Gasteiger partial charge in [-0.1, -0.05) is 0 Å². The minimum atomic E-state index is 0.468. The van der Waals surface area contributed by atoms with Gasteiger partial charge in [-0.05, 0) is 24.8 Å². The van der Waals surface area contributed by atoms with Gasteiger partial charge in [0.2, 0.25) is 5.95 Å². The first kappa shape index (κ1) is 17.0. The second-order valence-corrected chi connectivity index (χ2v) is 6.97. The van der Waals surface area contributed by atoms with Crippen molar-refractivity contribution >= 4 is 5.95 Å². The number of hydrogen-bond acceptors (Lipinski definition) is 7. The number of aromatic nitrogens is 3. The second kappa shape index (κ2) is 7.45. The Balaban J connectivity index is 1.54. The van der Waals surface area contributed by atoms with Gasteiger partial charge in [-0.15, -0.1) is 0 Å². The van der Waals surface area contributed by atoms with Gasteiger partial charge >= 0.3 is 0 Å². The van der Waals surface area contributed by atoms with E-state index in [-0.39, 0.29) is 0 Å². The highest BCUT2D eigenvalue weighted by Gasteiger charge is 2.36. The number of piperidine rings is 1. The maximum atomic E-state index is 5.57. The quantitative estimate of drug-likeness (QED) is 0.813. The molecule has 3 fully saturated rings. The average Bonchev–Trinajstić information content (AvgIpc) is 3.00. The maximum Gasteiger partial charge on any atom is 0.225 e. The number of methoxy groups -OCH3 is 2. The summed E-state index contributed by atoms with van der Waals surface area (Å²) in [5.41, 5.74) is 0.932. The summed E-state index contributed by atoms with van der Waals surface area (Å²) < 4.78 is 11.0. The molecule has 26 heavy (non-hydrogen) atoms. The van der Waals surface area contributed by atoms with Crippen molar-refractivity contribution in [3.05, 3.63) is 36.4 Å². The molecular weight excluding hydrogens is 330 g/mol. The molecule has 7 heteroatoms. The van der Waals surface area contributed by atoms with E-state index in [9.17, 15) is 0 Å². The molecule has 2 aromatic rings. The van der Waals surface area contributed by atoms with Crippen LogP contribution in [0.4, 0.5) is 5.95 Å². The number of rotatable bonds is 5. The summed E-state index contributed by atoms with van der Waals surface area (Å²) in [6, 6.07) is 4.17. The van der Waals surface area contributed by atoms with Gasteiger partial charge in [0, 0.05) is 56.9 Å². The Morgan fingerprint density at radius 1 is 1.00 bits per heavy atom. The van der Waals surface area contributed by atoms with Crippen molar-refractivity contribution in [3.8, 4) is 11.5 Å². The van der Waals surface area contributed by atoms with Crippen LogP contribution in [0.3, 0.4) is 0 Å². The van der Waals surface area contributed by atoms with Crippen molar-refractivity contribution in [2.24, 2.45) is 5.92 Å². The Labute approximate surface area is 154 Å². The lowest BCUT2D eigenvalue weighted by Gasteiger charge is -2.35. The summed E-state index contributed by atoms with van der Waals surface area (Å²) in [6.45, 7) is 3.80. The van der Waals surface area contributed by atoms with E-state index in [1.165, 1.54) is 12.8 Å². The lowest BCUT2D eigenvalue weighted by molar-refractivity contribution is 0.123. The SMILES string of the molecule is COc1ccnc(CN2C[C@H]3CC[C@@H]2CN(c2ncccn2)C3)c1OC. The van der Waals surface area contributed by atoms with Gasteiger partial charge in [0.05, 0.1) is 14.2 Å². The number of pyridine rings is 1. The first-order valence-corrected chi connectivity index (χ1v) is 9.10. The maximum absolute atomic E-state index is 5.57. The van der Waals surface area contributed by atoms with Crippen LogP contribution in [-0.4, -0.2) is 59.7 Å². The van der Waals surface area contributed by atoms with Crippen LogP contribution in [0.2, 0.25) is 0 Å². The third-order valence-corrected chi connectivity index (χ3v) is 5.38. The summed E-state index contributed by atoms with van der Waals surface area (Å²) in [5.74, 6) is 2.92. The zero-order valence-electron chi connectivity index (χ0n) is 15.3. The van der Waals surface area contributed by atoms with E-state index in [1.807, 2.05) is 24.5 Å². The van der Waals surface area contributed by atoms with Crippen LogP contribution in [0, 0.1) is 5.92 Å². The predicted octanol–water partition coefficient (Wildman–Crippen LogP) is 1.99. The Hall–Kier alpha value is -2.41. The Bertz CT molecular complexity index is 742. The zero-order valence-corrected chi connectivity index (χ0v) is 15.3. The van der Waals surface area contributed by atoms with Gasteiger partial charge in [-0.25, -0.2) is 9.97 Å². The fourth-order valence-corrected chi connectivity index (χ4v) is 4.15. The molecule has 0 radical (unpaired) electrons. The van der Waals surface area contributed by atoms with E-state index in [1.54, 1.807) is 20.4 Å².